The predicted molar refractivity (Wildman–Crippen MR) is 86.7 cm³/mol. The first-order valence-electron chi connectivity index (χ1n) is 7.50. The summed E-state index contributed by atoms with van der Waals surface area (Å²) in [5.41, 5.74) is 6.16. The Morgan fingerprint density at radius 1 is 1.52 bits per heavy atom. The fourth-order valence-corrected chi connectivity index (χ4v) is 3.12. The molecule has 0 aromatic carbocycles. The van der Waals surface area contributed by atoms with Crippen LogP contribution in [-0.4, -0.2) is 22.4 Å². The molecule has 0 amide bonds. The topological polar surface area (TPSA) is 72.9 Å². The summed E-state index contributed by atoms with van der Waals surface area (Å²) < 4.78 is 1.29. The number of allylic oxidation sites excluding steroid dienone is 1. The van der Waals surface area contributed by atoms with Crippen LogP contribution in [0, 0.1) is 5.92 Å². The van der Waals surface area contributed by atoms with Gasteiger partial charge in [0.15, 0.2) is 0 Å². The van der Waals surface area contributed by atoms with E-state index < -0.39 is 0 Å². The standard InChI is InChI=1S/C15H23ClN4O/c1-2-8-20-15(21)14(16)13(10-18-20)19-12(9-17)11-6-4-3-5-7-11/h2,10-12,19H,1,3-9,17H2. The van der Waals surface area contributed by atoms with Gasteiger partial charge in [-0.2, -0.15) is 5.10 Å². The fraction of sp³-hybridized carbons (Fsp3) is 0.600. The van der Waals surface area contributed by atoms with Crippen LogP contribution in [0.15, 0.2) is 23.6 Å². The molecule has 0 saturated heterocycles. The number of nitrogens with one attached hydrogen (secondary N) is 1. The summed E-state index contributed by atoms with van der Waals surface area (Å²) in [4.78, 5) is 12.1. The lowest BCUT2D eigenvalue weighted by Gasteiger charge is -2.30. The van der Waals surface area contributed by atoms with Gasteiger partial charge in [0, 0.05) is 12.6 Å². The summed E-state index contributed by atoms with van der Waals surface area (Å²) in [7, 11) is 0. The number of hydrogen-bond acceptors (Lipinski definition) is 4. The van der Waals surface area contributed by atoms with Crippen LogP contribution in [0.25, 0.3) is 0 Å². The summed E-state index contributed by atoms with van der Waals surface area (Å²) in [5, 5.41) is 7.59. The van der Waals surface area contributed by atoms with Crippen molar-refractivity contribution < 1.29 is 0 Å². The smallest absolute Gasteiger partial charge is 0.287 e. The first kappa shape index (κ1) is 16.0. The highest BCUT2D eigenvalue weighted by atomic mass is 35.5. The molecule has 0 bridgehead atoms. The highest BCUT2D eigenvalue weighted by Crippen LogP contribution is 2.28. The van der Waals surface area contributed by atoms with E-state index in [1.165, 1.54) is 36.8 Å². The molecule has 0 spiro atoms. The Morgan fingerprint density at radius 2 is 2.24 bits per heavy atom. The summed E-state index contributed by atoms with van der Waals surface area (Å²) >= 11 is 6.16. The minimum Gasteiger partial charge on any atom is -0.378 e. The molecule has 116 valence electrons. The number of halogens is 1. The van der Waals surface area contributed by atoms with Crippen LogP contribution in [-0.2, 0) is 6.54 Å². The quantitative estimate of drug-likeness (QED) is 0.791. The van der Waals surface area contributed by atoms with Gasteiger partial charge in [-0.25, -0.2) is 4.68 Å². The molecule has 6 heteroatoms. The molecule has 1 fully saturated rings. The van der Waals surface area contributed by atoms with Gasteiger partial charge in [-0.05, 0) is 18.8 Å². The Balaban J connectivity index is 2.15. The van der Waals surface area contributed by atoms with E-state index in [4.69, 9.17) is 17.3 Å². The third-order valence-corrected chi connectivity index (χ3v) is 4.47. The second kappa shape index (κ2) is 7.61. The Bertz CT molecular complexity index is 537. The van der Waals surface area contributed by atoms with Crippen molar-refractivity contribution in [1.82, 2.24) is 9.78 Å². The lowest BCUT2D eigenvalue weighted by atomic mass is 9.84. The van der Waals surface area contributed by atoms with E-state index in [2.05, 4.69) is 17.0 Å². The van der Waals surface area contributed by atoms with Crippen molar-refractivity contribution in [3.8, 4) is 0 Å². The van der Waals surface area contributed by atoms with Gasteiger partial charge in [0.25, 0.3) is 5.56 Å². The first-order valence-corrected chi connectivity index (χ1v) is 7.88. The van der Waals surface area contributed by atoms with Crippen LogP contribution in [0.4, 0.5) is 5.69 Å². The first-order chi connectivity index (χ1) is 10.2. The minimum atomic E-state index is -0.305. The number of anilines is 1. The number of aromatic nitrogens is 2. The molecule has 21 heavy (non-hydrogen) atoms. The maximum atomic E-state index is 12.1. The molecular formula is C15H23ClN4O. The van der Waals surface area contributed by atoms with Crippen molar-refractivity contribution in [2.45, 2.75) is 44.7 Å². The van der Waals surface area contributed by atoms with E-state index in [9.17, 15) is 4.79 Å². The fourth-order valence-electron chi connectivity index (χ4n) is 2.92. The molecule has 1 aliphatic carbocycles. The van der Waals surface area contributed by atoms with Gasteiger partial charge in [-0.3, -0.25) is 4.79 Å². The van der Waals surface area contributed by atoms with Crippen LogP contribution >= 0.6 is 11.6 Å². The molecule has 5 nitrogen and oxygen atoms in total. The molecule has 1 atom stereocenters. The van der Waals surface area contributed by atoms with Crippen molar-refractivity contribution in [2.75, 3.05) is 11.9 Å². The third-order valence-electron chi connectivity index (χ3n) is 4.10. The van der Waals surface area contributed by atoms with Gasteiger partial charge in [-0.1, -0.05) is 36.9 Å². The van der Waals surface area contributed by atoms with Crippen molar-refractivity contribution in [3.63, 3.8) is 0 Å². The van der Waals surface area contributed by atoms with Crippen molar-refractivity contribution in [1.29, 1.82) is 0 Å². The number of hydrogen-bond donors (Lipinski definition) is 2. The molecule has 1 saturated carbocycles. The molecule has 1 aromatic rings. The molecule has 1 unspecified atom stereocenters. The molecule has 2 rings (SSSR count). The van der Waals surface area contributed by atoms with E-state index in [0.717, 1.165) is 0 Å². The van der Waals surface area contributed by atoms with Gasteiger partial charge >= 0.3 is 0 Å². The normalized spacial score (nSPS) is 17.4. The van der Waals surface area contributed by atoms with Crippen LogP contribution < -0.4 is 16.6 Å². The Labute approximate surface area is 130 Å². The van der Waals surface area contributed by atoms with Gasteiger partial charge in [0.1, 0.15) is 5.02 Å². The van der Waals surface area contributed by atoms with Crippen molar-refractivity contribution in [3.05, 3.63) is 34.2 Å². The maximum Gasteiger partial charge on any atom is 0.287 e. The minimum absolute atomic E-state index is 0.138. The Kier molecular flexibility index (Phi) is 5.82. The highest BCUT2D eigenvalue weighted by molar-refractivity contribution is 6.32. The lowest BCUT2D eigenvalue weighted by Crippen LogP contribution is -2.38. The van der Waals surface area contributed by atoms with Crippen LogP contribution in [0.2, 0.25) is 5.02 Å². The summed E-state index contributed by atoms with van der Waals surface area (Å²) in [6.07, 6.45) is 9.35. The van der Waals surface area contributed by atoms with Crippen molar-refractivity contribution >= 4 is 17.3 Å². The highest BCUT2D eigenvalue weighted by Gasteiger charge is 2.23. The lowest BCUT2D eigenvalue weighted by molar-refractivity contribution is 0.320. The number of nitrogens with two attached hydrogens (primary N) is 1. The monoisotopic (exact) mass is 310 g/mol. The summed E-state index contributed by atoms with van der Waals surface area (Å²) in [5.74, 6) is 0.537. The zero-order chi connectivity index (χ0) is 15.2. The van der Waals surface area contributed by atoms with Crippen LogP contribution in [0.1, 0.15) is 32.1 Å². The SMILES string of the molecule is C=CCn1ncc(NC(CN)C2CCCCC2)c(Cl)c1=O. The van der Waals surface area contributed by atoms with E-state index in [1.807, 2.05) is 0 Å². The van der Waals surface area contributed by atoms with Crippen molar-refractivity contribution in [2.24, 2.45) is 11.7 Å². The van der Waals surface area contributed by atoms with Gasteiger partial charge in [0.2, 0.25) is 0 Å². The Morgan fingerprint density at radius 3 is 2.86 bits per heavy atom. The largest absolute Gasteiger partial charge is 0.378 e. The molecular weight excluding hydrogens is 288 g/mol. The number of rotatable bonds is 6. The van der Waals surface area contributed by atoms with Crippen LogP contribution in [0.5, 0.6) is 0 Å². The maximum absolute atomic E-state index is 12.1. The van der Waals surface area contributed by atoms with Gasteiger partial charge in [-0.15, -0.1) is 6.58 Å². The van der Waals surface area contributed by atoms with E-state index >= 15 is 0 Å². The average Bonchev–Trinajstić information content (AvgIpc) is 2.52. The zero-order valence-electron chi connectivity index (χ0n) is 12.2. The van der Waals surface area contributed by atoms with E-state index in [1.54, 1.807) is 12.3 Å². The molecule has 1 aromatic heterocycles. The molecule has 1 aliphatic rings. The average molecular weight is 311 g/mol. The second-order valence-electron chi connectivity index (χ2n) is 5.53. The van der Waals surface area contributed by atoms with E-state index in [0.29, 0.717) is 24.7 Å². The third kappa shape index (κ3) is 3.86. The van der Waals surface area contributed by atoms with Crippen LogP contribution in [0.3, 0.4) is 0 Å². The molecule has 0 radical (unpaired) electrons. The summed E-state index contributed by atoms with van der Waals surface area (Å²) in [6.45, 7) is 4.47. The summed E-state index contributed by atoms with van der Waals surface area (Å²) in [6, 6.07) is 0.138. The molecule has 3 N–H and O–H groups in total. The Hall–Kier alpha value is -1.33. The predicted octanol–water partition coefficient (Wildman–Crippen LogP) is 2.40. The van der Waals surface area contributed by atoms with Gasteiger partial charge in [0.05, 0.1) is 18.4 Å². The zero-order valence-corrected chi connectivity index (χ0v) is 13.0. The van der Waals surface area contributed by atoms with Gasteiger partial charge < -0.3 is 11.1 Å². The molecule has 1 heterocycles. The molecule has 0 aliphatic heterocycles. The second-order valence-corrected chi connectivity index (χ2v) is 5.91. The number of nitrogens with zero attached hydrogens (tertiary/aromatic N) is 2. The van der Waals surface area contributed by atoms with E-state index in [-0.39, 0.29) is 16.6 Å².